The van der Waals surface area contributed by atoms with Crippen molar-refractivity contribution in [2.24, 2.45) is 0 Å². The first-order valence-electron chi connectivity index (χ1n) is 5.57. The number of thiol groups is 1. The summed E-state index contributed by atoms with van der Waals surface area (Å²) in [7, 11) is 3.84. The first-order valence-corrected chi connectivity index (χ1v) is 8.59. The Bertz CT molecular complexity index is 270. The van der Waals surface area contributed by atoms with Gasteiger partial charge >= 0.3 is 6.09 Å². The standard InChI is InChI=1S/C10H17NO3S3/c12-9(11(7-15)10(13)14)4-2-1-3-8-5-6-16-17-8/h8,15H,1-7H2,(H,13,14). The summed E-state index contributed by atoms with van der Waals surface area (Å²) in [6.45, 7) is 0. The summed E-state index contributed by atoms with van der Waals surface area (Å²) in [5.41, 5.74) is 0. The summed E-state index contributed by atoms with van der Waals surface area (Å²) in [5, 5.41) is 9.44. The van der Waals surface area contributed by atoms with Crippen molar-refractivity contribution in [3.05, 3.63) is 0 Å². The monoisotopic (exact) mass is 295 g/mol. The number of carbonyl (C=O) groups is 2. The van der Waals surface area contributed by atoms with Gasteiger partial charge in [-0.2, -0.15) is 12.6 Å². The normalized spacial score (nSPS) is 19.2. The number of unbranched alkanes of at least 4 members (excludes halogenated alkanes) is 1. The molecule has 4 nitrogen and oxygen atoms in total. The van der Waals surface area contributed by atoms with Gasteiger partial charge in [0.05, 0.1) is 5.88 Å². The van der Waals surface area contributed by atoms with E-state index in [0.29, 0.717) is 6.42 Å². The Morgan fingerprint density at radius 2 is 2.18 bits per heavy atom. The molecule has 1 heterocycles. The number of hydrogen-bond donors (Lipinski definition) is 2. The van der Waals surface area contributed by atoms with Gasteiger partial charge in [-0.3, -0.25) is 4.79 Å². The van der Waals surface area contributed by atoms with E-state index in [1.807, 2.05) is 21.6 Å². The molecule has 0 bridgehead atoms. The number of nitrogens with zero attached hydrogens (tertiary/aromatic N) is 1. The van der Waals surface area contributed by atoms with E-state index < -0.39 is 6.09 Å². The lowest BCUT2D eigenvalue weighted by molar-refractivity contribution is -0.128. The third kappa shape index (κ3) is 5.44. The lowest BCUT2D eigenvalue weighted by atomic mass is 10.1. The van der Waals surface area contributed by atoms with Crippen LogP contribution in [0.15, 0.2) is 0 Å². The van der Waals surface area contributed by atoms with E-state index in [1.54, 1.807) is 0 Å². The molecule has 1 aliphatic rings. The highest BCUT2D eigenvalue weighted by atomic mass is 33.1. The molecule has 1 rings (SSSR count). The number of hydrogen-bond acceptors (Lipinski definition) is 5. The Hall–Kier alpha value is -0.0100. The van der Waals surface area contributed by atoms with Gasteiger partial charge in [0.1, 0.15) is 0 Å². The van der Waals surface area contributed by atoms with Crippen LogP contribution in [-0.2, 0) is 4.79 Å². The van der Waals surface area contributed by atoms with Crippen LogP contribution in [0.3, 0.4) is 0 Å². The first-order chi connectivity index (χ1) is 8.15. The molecule has 0 spiro atoms. The fraction of sp³-hybridized carbons (Fsp3) is 0.800. The smallest absolute Gasteiger partial charge is 0.414 e. The Kier molecular flexibility index (Phi) is 7.22. The zero-order chi connectivity index (χ0) is 12.7. The molecular formula is C10H17NO3S3. The molecule has 1 unspecified atom stereocenters. The average Bonchev–Trinajstić information content (AvgIpc) is 2.77. The molecule has 7 heteroatoms. The molecule has 0 aromatic rings. The van der Waals surface area contributed by atoms with E-state index >= 15 is 0 Å². The van der Waals surface area contributed by atoms with Crippen molar-refractivity contribution in [1.29, 1.82) is 0 Å². The molecule has 0 saturated carbocycles. The van der Waals surface area contributed by atoms with E-state index in [1.165, 1.54) is 12.2 Å². The van der Waals surface area contributed by atoms with Crippen LogP contribution >= 0.6 is 34.2 Å². The van der Waals surface area contributed by atoms with Crippen molar-refractivity contribution in [2.75, 3.05) is 11.6 Å². The third-order valence-corrected chi connectivity index (χ3v) is 5.86. The Morgan fingerprint density at radius 1 is 1.41 bits per heavy atom. The predicted octanol–water partition coefficient (Wildman–Crippen LogP) is 3.09. The van der Waals surface area contributed by atoms with Crippen LogP contribution in [0.25, 0.3) is 0 Å². The molecule has 1 atom stereocenters. The van der Waals surface area contributed by atoms with E-state index in [4.69, 9.17) is 5.11 Å². The van der Waals surface area contributed by atoms with Gasteiger partial charge < -0.3 is 5.11 Å². The van der Waals surface area contributed by atoms with Crippen LogP contribution in [0.4, 0.5) is 4.79 Å². The molecule has 0 radical (unpaired) electrons. The summed E-state index contributed by atoms with van der Waals surface area (Å²) >= 11 is 3.83. The van der Waals surface area contributed by atoms with E-state index in [2.05, 4.69) is 12.6 Å². The molecule has 0 aromatic heterocycles. The van der Waals surface area contributed by atoms with Crippen molar-refractivity contribution < 1.29 is 14.7 Å². The minimum Gasteiger partial charge on any atom is -0.465 e. The molecule has 0 aliphatic carbocycles. The zero-order valence-electron chi connectivity index (χ0n) is 9.50. The van der Waals surface area contributed by atoms with Crippen molar-refractivity contribution in [3.63, 3.8) is 0 Å². The molecule has 1 aliphatic heterocycles. The molecule has 1 saturated heterocycles. The van der Waals surface area contributed by atoms with Gasteiger partial charge in [0, 0.05) is 17.4 Å². The van der Waals surface area contributed by atoms with Crippen molar-refractivity contribution in [1.82, 2.24) is 4.90 Å². The minimum atomic E-state index is -1.22. The highest BCUT2D eigenvalue weighted by molar-refractivity contribution is 8.77. The van der Waals surface area contributed by atoms with Crippen LogP contribution in [0, 0.1) is 0 Å². The van der Waals surface area contributed by atoms with Gasteiger partial charge in [-0.15, -0.1) is 0 Å². The molecule has 2 amide bonds. The van der Waals surface area contributed by atoms with E-state index in [0.717, 1.165) is 29.4 Å². The molecule has 98 valence electrons. The maximum absolute atomic E-state index is 11.5. The molecule has 0 aromatic carbocycles. The van der Waals surface area contributed by atoms with Crippen molar-refractivity contribution >= 4 is 46.2 Å². The molecule has 1 N–H and O–H groups in total. The van der Waals surface area contributed by atoms with Crippen LogP contribution in [0.1, 0.15) is 32.1 Å². The zero-order valence-corrected chi connectivity index (χ0v) is 12.0. The third-order valence-electron chi connectivity index (χ3n) is 2.57. The summed E-state index contributed by atoms with van der Waals surface area (Å²) in [6.07, 6.45) is 3.22. The number of rotatable bonds is 6. The summed E-state index contributed by atoms with van der Waals surface area (Å²) < 4.78 is 0. The quantitative estimate of drug-likeness (QED) is 0.341. The van der Waals surface area contributed by atoms with Gasteiger partial charge in [-0.1, -0.05) is 28.0 Å². The van der Waals surface area contributed by atoms with E-state index in [-0.39, 0.29) is 11.8 Å². The molecule has 1 fully saturated rings. The molecule has 17 heavy (non-hydrogen) atoms. The van der Waals surface area contributed by atoms with E-state index in [9.17, 15) is 9.59 Å². The van der Waals surface area contributed by atoms with Crippen LogP contribution in [0.2, 0.25) is 0 Å². The number of carboxylic acid groups (broad SMARTS) is 1. The summed E-state index contributed by atoms with van der Waals surface area (Å²) in [5.74, 6) is 0.810. The summed E-state index contributed by atoms with van der Waals surface area (Å²) in [6, 6.07) is 0. The van der Waals surface area contributed by atoms with Gasteiger partial charge in [0.2, 0.25) is 5.91 Å². The number of amides is 2. The SMILES string of the molecule is O=C(O)N(CS)C(=O)CCCCC1CCSS1. The topological polar surface area (TPSA) is 57.6 Å². The molecular weight excluding hydrogens is 278 g/mol. The van der Waals surface area contributed by atoms with Gasteiger partial charge in [-0.25, -0.2) is 9.69 Å². The van der Waals surface area contributed by atoms with Gasteiger partial charge in [0.15, 0.2) is 0 Å². The van der Waals surface area contributed by atoms with Gasteiger partial charge in [0.25, 0.3) is 0 Å². The lowest BCUT2D eigenvalue weighted by Gasteiger charge is -2.14. The van der Waals surface area contributed by atoms with Crippen molar-refractivity contribution in [3.8, 4) is 0 Å². The highest BCUT2D eigenvalue weighted by Crippen LogP contribution is 2.39. The Balaban J connectivity index is 2.12. The maximum Gasteiger partial charge on any atom is 0.414 e. The highest BCUT2D eigenvalue weighted by Gasteiger charge is 2.19. The fourth-order valence-corrected chi connectivity index (χ4v) is 4.90. The van der Waals surface area contributed by atoms with Gasteiger partial charge in [-0.05, 0) is 19.3 Å². The van der Waals surface area contributed by atoms with Crippen molar-refractivity contribution in [2.45, 2.75) is 37.4 Å². The second-order valence-corrected chi connectivity index (χ2v) is 6.89. The predicted molar refractivity (Wildman–Crippen MR) is 75.6 cm³/mol. The largest absolute Gasteiger partial charge is 0.465 e. The second kappa shape index (κ2) is 8.16. The Labute approximate surface area is 115 Å². The summed E-state index contributed by atoms with van der Waals surface area (Å²) in [4.78, 5) is 22.9. The van der Waals surface area contributed by atoms with Crippen LogP contribution in [-0.4, -0.2) is 38.9 Å². The van der Waals surface area contributed by atoms with Crippen LogP contribution < -0.4 is 0 Å². The maximum atomic E-state index is 11.5. The average molecular weight is 295 g/mol. The first kappa shape index (κ1) is 15.0. The number of carbonyl (C=O) groups excluding carboxylic acids is 1. The van der Waals surface area contributed by atoms with Crippen LogP contribution in [0.5, 0.6) is 0 Å². The number of imide groups is 1. The Morgan fingerprint density at radius 3 is 2.71 bits per heavy atom. The lowest BCUT2D eigenvalue weighted by Crippen LogP contribution is -2.34. The second-order valence-electron chi connectivity index (χ2n) is 3.82. The fourth-order valence-electron chi connectivity index (χ4n) is 1.59. The minimum absolute atomic E-state index is 0.0662.